The summed E-state index contributed by atoms with van der Waals surface area (Å²) in [6, 6.07) is -0.109. The van der Waals surface area contributed by atoms with Gasteiger partial charge in [-0.3, -0.25) is 9.59 Å². The zero-order valence-corrected chi connectivity index (χ0v) is 10.0. The lowest BCUT2D eigenvalue weighted by molar-refractivity contribution is -0.138. The molecule has 0 spiro atoms. The van der Waals surface area contributed by atoms with Crippen molar-refractivity contribution in [2.75, 3.05) is 6.54 Å². The quantitative estimate of drug-likeness (QED) is 0.632. The highest BCUT2D eigenvalue weighted by molar-refractivity contribution is 7.80. The number of hydrogen-bond donors (Lipinski definition) is 2. The molecule has 2 amide bonds. The van der Waals surface area contributed by atoms with E-state index in [4.69, 9.17) is 23.7 Å². The SMILES string of the molecule is CC(C(=O)N(CC(N)=O)C(C)C)C(N)=S. The van der Waals surface area contributed by atoms with E-state index in [0.29, 0.717) is 0 Å². The van der Waals surface area contributed by atoms with Gasteiger partial charge in [0.2, 0.25) is 11.8 Å². The lowest BCUT2D eigenvalue weighted by atomic mass is 10.1. The van der Waals surface area contributed by atoms with Crippen LogP contribution in [0.5, 0.6) is 0 Å². The van der Waals surface area contributed by atoms with Gasteiger partial charge in [-0.05, 0) is 20.8 Å². The average molecular weight is 231 g/mol. The maximum atomic E-state index is 11.8. The summed E-state index contributed by atoms with van der Waals surface area (Å²) in [6.07, 6.45) is 0. The van der Waals surface area contributed by atoms with Gasteiger partial charge in [-0.2, -0.15) is 0 Å². The van der Waals surface area contributed by atoms with E-state index in [1.54, 1.807) is 20.8 Å². The maximum Gasteiger partial charge on any atom is 0.237 e. The fraction of sp³-hybridized carbons (Fsp3) is 0.667. The van der Waals surface area contributed by atoms with E-state index >= 15 is 0 Å². The van der Waals surface area contributed by atoms with Crippen LogP contribution in [0, 0.1) is 5.92 Å². The molecule has 1 atom stereocenters. The lowest BCUT2D eigenvalue weighted by Gasteiger charge is -2.27. The number of nitrogens with zero attached hydrogens (tertiary/aromatic N) is 1. The number of hydrogen-bond acceptors (Lipinski definition) is 3. The van der Waals surface area contributed by atoms with Crippen molar-refractivity contribution in [1.29, 1.82) is 0 Å². The Kier molecular flexibility index (Phi) is 5.21. The highest BCUT2D eigenvalue weighted by Crippen LogP contribution is 2.07. The molecule has 15 heavy (non-hydrogen) atoms. The average Bonchev–Trinajstić information content (AvgIpc) is 2.10. The first-order valence-electron chi connectivity index (χ1n) is 4.65. The molecule has 0 aliphatic rings. The van der Waals surface area contributed by atoms with E-state index in [1.165, 1.54) is 4.90 Å². The first kappa shape index (κ1) is 13.8. The number of carbonyl (C=O) groups excluding carboxylic acids is 2. The van der Waals surface area contributed by atoms with Crippen LogP contribution in [0.15, 0.2) is 0 Å². The van der Waals surface area contributed by atoms with Crippen LogP contribution in [0.25, 0.3) is 0 Å². The molecule has 0 aromatic carbocycles. The molecule has 0 aromatic heterocycles. The van der Waals surface area contributed by atoms with Crippen LogP contribution in [-0.4, -0.2) is 34.3 Å². The van der Waals surface area contributed by atoms with Crippen LogP contribution >= 0.6 is 12.2 Å². The molecule has 0 fully saturated rings. The van der Waals surface area contributed by atoms with Crippen LogP contribution in [0.3, 0.4) is 0 Å². The number of primary amides is 1. The number of nitrogens with two attached hydrogens (primary N) is 2. The zero-order valence-electron chi connectivity index (χ0n) is 9.19. The number of rotatable bonds is 5. The van der Waals surface area contributed by atoms with Gasteiger partial charge in [-0.1, -0.05) is 12.2 Å². The molecule has 86 valence electrons. The summed E-state index contributed by atoms with van der Waals surface area (Å²) in [5.74, 6) is -1.38. The number of amides is 2. The van der Waals surface area contributed by atoms with Crippen molar-refractivity contribution in [3.05, 3.63) is 0 Å². The minimum absolute atomic E-state index is 0.108. The first-order chi connectivity index (χ1) is 6.77. The van der Waals surface area contributed by atoms with Gasteiger partial charge in [0.05, 0.1) is 17.5 Å². The zero-order chi connectivity index (χ0) is 12.2. The third-order valence-electron chi connectivity index (χ3n) is 2.03. The van der Waals surface area contributed by atoms with E-state index in [2.05, 4.69) is 0 Å². The standard InChI is InChI=1S/C9H17N3O2S/c1-5(2)12(4-7(10)13)9(14)6(3)8(11)15/h5-6H,4H2,1-3H3,(H2,10,13)(H2,11,15). The molecule has 0 rings (SSSR count). The fourth-order valence-electron chi connectivity index (χ4n) is 1.05. The number of thiocarbonyl (C=S) groups is 1. The third-order valence-corrected chi connectivity index (χ3v) is 2.38. The molecular weight excluding hydrogens is 214 g/mol. The summed E-state index contributed by atoms with van der Waals surface area (Å²) >= 11 is 4.73. The van der Waals surface area contributed by atoms with E-state index in [1.807, 2.05) is 0 Å². The summed E-state index contributed by atoms with van der Waals surface area (Å²) in [5.41, 5.74) is 10.4. The van der Waals surface area contributed by atoms with Gasteiger partial charge < -0.3 is 16.4 Å². The highest BCUT2D eigenvalue weighted by Gasteiger charge is 2.25. The highest BCUT2D eigenvalue weighted by atomic mass is 32.1. The van der Waals surface area contributed by atoms with Crippen molar-refractivity contribution in [3.63, 3.8) is 0 Å². The van der Waals surface area contributed by atoms with Crippen molar-refractivity contribution in [2.24, 2.45) is 17.4 Å². The summed E-state index contributed by atoms with van der Waals surface area (Å²) in [5, 5.41) is 0. The molecule has 1 unspecified atom stereocenters. The van der Waals surface area contributed by atoms with Gasteiger partial charge in [0, 0.05) is 6.04 Å². The van der Waals surface area contributed by atoms with Gasteiger partial charge in [0.15, 0.2) is 0 Å². The van der Waals surface area contributed by atoms with Crippen molar-refractivity contribution in [3.8, 4) is 0 Å². The van der Waals surface area contributed by atoms with E-state index in [-0.39, 0.29) is 23.5 Å². The van der Waals surface area contributed by atoms with Crippen molar-refractivity contribution in [2.45, 2.75) is 26.8 Å². The fourth-order valence-corrected chi connectivity index (χ4v) is 1.15. The van der Waals surface area contributed by atoms with Crippen molar-refractivity contribution >= 4 is 29.0 Å². The Morgan fingerprint density at radius 3 is 2.00 bits per heavy atom. The van der Waals surface area contributed by atoms with Crippen LogP contribution < -0.4 is 11.5 Å². The molecule has 0 radical (unpaired) electrons. The molecule has 0 aliphatic carbocycles. The Morgan fingerprint density at radius 2 is 1.73 bits per heavy atom. The van der Waals surface area contributed by atoms with Gasteiger partial charge in [-0.15, -0.1) is 0 Å². The topological polar surface area (TPSA) is 89.4 Å². The Labute approximate surface area is 94.8 Å². The molecule has 5 nitrogen and oxygen atoms in total. The summed E-state index contributed by atoms with van der Waals surface area (Å²) < 4.78 is 0. The van der Waals surface area contributed by atoms with Gasteiger partial charge in [0.1, 0.15) is 0 Å². The van der Waals surface area contributed by atoms with Gasteiger partial charge in [0.25, 0.3) is 0 Å². The molecule has 0 saturated heterocycles. The molecular formula is C9H17N3O2S. The predicted molar refractivity (Wildman–Crippen MR) is 62.0 cm³/mol. The van der Waals surface area contributed by atoms with E-state index < -0.39 is 11.8 Å². The second kappa shape index (κ2) is 5.65. The summed E-state index contributed by atoms with van der Waals surface area (Å²) in [4.78, 5) is 24.1. The maximum absolute atomic E-state index is 11.8. The predicted octanol–water partition coefficient (Wildman–Crippen LogP) is -0.369. The normalized spacial score (nSPS) is 12.3. The van der Waals surface area contributed by atoms with Crippen LogP contribution in [-0.2, 0) is 9.59 Å². The van der Waals surface area contributed by atoms with Crippen LogP contribution in [0.4, 0.5) is 0 Å². The molecule has 0 aliphatic heterocycles. The summed E-state index contributed by atoms with van der Waals surface area (Å²) in [6.45, 7) is 5.10. The minimum Gasteiger partial charge on any atom is -0.393 e. The lowest BCUT2D eigenvalue weighted by Crippen LogP contribution is -2.47. The molecule has 4 N–H and O–H groups in total. The molecule has 0 aromatic rings. The Balaban J connectivity index is 4.70. The molecule has 6 heteroatoms. The Morgan fingerprint density at radius 1 is 1.27 bits per heavy atom. The van der Waals surface area contributed by atoms with Crippen molar-refractivity contribution in [1.82, 2.24) is 4.90 Å². The smallest absolute Gasteiger partial charge is 0.237 e. The minimum atomic E-state index is -0.568. The third kappa shape index (κ3) is 4.24. The molecule has 0 heterocycles. The van der Waals surface area contributed by atoms with Gasteiger partial charge in [-0.25, -0.2) is 0 Å². The van der Waals surface area contributed by atoms with Gasteiger partial charge >= 0.3 is 0 Å². The Hall–Kier alpha value is -1.17. The van der Waals surface area contributed by atoms with Crippen LogP contribution in [0.1, 0.15) is 20.8 Å². The molecule has 0 saturated carbocycles. The van der Waals surface area contributed by atoms with E-state index in [9.17, 15) is 9.59 Å². The van der Waals surface area contributed by atoms with E-state index in [0.717, 1.165) is 0 Å². The second-order valence-corrected chi connectivity index (χ2v) is 4.12. The first-order valence-corrected chi connectivity index (χ1v) is 5.06. The Bertz CT molecular complexity index is 279. The monoisotopic (exact) mass is 231 g/mol. The summed E-state index contributed by atoms with van der Waals surface area (Å²) in [7, 11) is 0. The second-order valence-electron chi connectivity index (χ2n) is 3.65. The van der Waals surface area contributed by atoms with Crippen molar-refractivity contribution < 1.29 is 9.59 Å². The largest absolute Gasteiger partial charge is 0.393 e. The van der Waals surface area contributed by atoms with Crippen LogP contribution in [0.2, 0.25) is 0 Å². The molecule has 0 bridgehead atoms. The number of carbonyl (C=O) groups is 2.